The van der Waals surface area contributed by atoms with Crippen molar-refractivity contribution in [3.05, 3.63) is 48.0 Å². The molecule has 1 rings (SSSR count). The fourth-order valence-electron chi connectivity index (χ4n) is 1.74. The van der Waals surface area contributed by atoms with Crippen LogP contribution in [0.1, 0.15) is 26.3 Å². The molecule has 0 fully saturated rings. The van der Waals surface area contributed by atoms with E-state index >= 15 is 0 Å². The lowest BCUT2D eigenvalue weighted by molar-refractivity contribution is -0.129. The van der Waals surface area contributed by atoms with Gasteiger partial charge in [0.05, 0.1) is 12.1 Å². The Morgan fingerprint density at radius 2 is 1.67 bits per heavy atom. The van der Waals surface area contributed by atoms with Crippen molar-refractivity contribution >= 4 is 11.9 Å². The maximum absolute atomic E-state index is 12.6. The van der Waals surface area contributed by atoms with E-state index in [1.807, 2.05) is 0 Å². The highest BCUT2D eigenvalue weighted by Crippen LogP contribution is 2.25. The first-order chi connectivity index (χ1) is 10.9. The number of nitrogens with zero attached hydrogens (tertiary/aromatic N) is 1. The number of halogens is 3. The number of ether oxygens (including phenoxy) is 1. The average Bonchev–Trinajstić information content (AvgIpc) is 2.44. The molecule has 1 aromatic carbocycles. The number of benzene rings is 1. The van der Waals surface area contributed by atoms with Crippen LogP contribution in [0.5, 0.6) is 0 Å². The molecule has 0 N–H and O–H groups in total. The molecule has 4 nitrogen and oxygen atoms in total. The van der Waals surface area contributed by atoms with E-state index in [4.69, 9.17) is 4.74 Å². The molecule has 0 heterocycles. The summed E-state index contributed by atoms with van der Waals surface area (Å²) in [6.07, 6.45) is -5.70. The van der Waals surface area contributed by atoms with E-state index in [9.17, 15) is 22.8 Å². The minimum atomic E-state index is -4.83. The van der Waals surface area contributed by atoms with E-state index in [-0.39, 0.29) is 6.54 Å². The molecule has 0 aromatic heterocycles. The molecule has 0 saturated carbocycles. The van der Waals surface area contributed by atoms with E-state index in [0.29, 0.717) is 5.56 Å². The van der Waals surface area contributed by atoms with Crippen LogP contribution < -0.4 is 0 Å². The van der Waals surface area contributed by atoms with E-state index in [1.165, 1.54) is 0 Å². The summed E-state index contributed by atoms with van der Waals surface area (Å²) in [6, 6.07) is 8.59. The van der Waals surface area contributed by atoms with Gasteiger partial charge in [-0.15, -0.1) is 0 Å². The normalized spacial score (nSPS) is 11.8. The van der Waals surface area contributed by atoms with Gasteiger partial charge < -0.3 is 4.74 Å². The molecule has 0 aliphatic heterocycles. The fraction of sp³-hybridized carbons (Fsp3) is 0.412. The maximum Gasteiger partial charge on any atom is 0.419 e. The van der Waals surface area contributed by atoms with Crippen molar-refractivity contribution in [2.75, 3.05) is 6.54 Å². The van der Waals surface area contributed by atoms with E-state index in [0.717, 1.165) is 4.90 Å². The van der Waals surface area contributed by atoms with Crippen molar-refractivity contribution in [2.24, 2.45) is 0 Å². The van der Waals surface area contributed by atoms with Gasteiger partial charge in [-0.25, -0.2) is 4.79 Å². The molecule has 24 heavy (non-hydrogen) atoms. The molecule has 0 unspecified atom stereocenters. The molecule has 0 spiro atoms. The quantitative estimate of drug-likeness (QED) is 0.756. The van der Waals surface area contributed by atoms with Gasteiger partial charge in [-0.2, -0.15) is 13.2 Å². The predicted octanol–water partition coefficient (Wildman–Crippen LogP) is 4.11. The predicted molar refractivity (Wildman–Crippen MR) is 83.3 cm³/mol. The van der Waals surface area contributed by atoms with Crippen LogP contribution in [-0.2, 0) is 16.1 Å². The molecule has 0 atom stereocenters. The number of carbonyl (C=O) groups is 2. The Morgan fingerprint density at radius 3 is 2.12 bits per heavy atom. The second-order valence-electron chi connectivity index (χ2n) is 6.22. The zero-order chi connectivity index (χ0) is 18.5. The number of carbonyl (C=O) groups excluding carboxylic acids is 2. The van der Waals surface area contributed by atoms with Crippen molar-refractivity contribution in [3.8, 4) is 0 Å². The lowest BCUT2D eigenvalue weighted by atomic mass is 10.1. The van der Waals surface area contributed by atoms with Gasteiger partial charge in [-0.1, -0.05) is 36.9 Å². The zero-order valence-electron chi connectivity index (χ0n) is 13.8. The van der Waals surface area contributed by atoms with Crippen molar-refractivity contribution in [1.82, 2.24) is 4.90 Å². The van der Waals surface area contributed by atoms with E-state index in [2.05, 4.69) is 6.58 Å². The Morgan fingerprint density at radius 1 is 1.12 bits per heavy atom. The van der Waals surface area contributed by atoms with Crippen molar-refractivity contribution < 1.29 is 27.5 Å². The van der Waals surface area contributed by atoms with Crippen molar-refractivity contribution in [2.45, 2.75) is 39.1 Å². The van der Waals surface area contributed by atoms with Crippen LogP contribution in [0, 0.1) is 0 Å². The summed E-state index contributed by atoms with van der Waals surface area (Å²) >= 11 is 0. The van der Waals surface area contributed by atoms with Crippen LogP contribution in [0.25, 0.3) is 0 Å². The summed E-state index contributed by atoms with van der Waals surface area (Å²) < 4.78 is 42.9. The zero-order valence-corrected chi connectivity index (χ0v) is 13.8. The molecular formula is C17H20F3NO3. The van der Waals surface area contributed by atoms with Crippen molar-refractivity contribution in [3.63, 3.8) is 0 Å². The monoisotopic (exact) mass is 343 g/mol. The summed E-state index contributed by atoms with van der Waals surface area (Å²) in [5.41, 5.74) is -1.67. The molecule has 132 valence electrons. The summed E-state index contributed by atoms with van der Waals surface area (Å²) in [7, 11) is 0. The largest absolute Gasteiger partial charge is 0.444 e. The summed E-state index contributed by atoms with van der Waals surface area (Å²) in [5, 5.41) is 0. The number of Topliss-reactive ketones (excluding diaryl/α,β-unsaturated/α-hetero) is 1. The molecule has 0 radical (unpaired) electrons. The number of alkyl halides is 3. The Kier molecular flexibility index (Phi) is 6.17. The molecular weight excluding hydrogens is 323 g/mol. The maximum atomic E-state index is 12.6. The minimum Gasteiger partial charge on any atom is -0.444 e. The first kappa shape index (κ1) is 19.7. The van der Waals surface area contributed by atoms with E-state index in [1.54, 1.807) is 51.1 Å². The molecule has 0 saturated heterocycles. The second kappa shape index (κ2) is 7.51. The molecule has 1 amide bonds. The van der Waals surface area contributed by atoms with Crippen LogP contribution in [-0.4, -0.2) is 35.1 Å². The lowest BCUT2D eigenvalue weighted by Gasteiger charge is -2.27. The third kappa shape index (κ3) is 6.44. The fourth-order valence-corrected chi connectivity index (χ4v) is 1.74. The van der Waals surface area contributed by atoms with Gasteiger partial charge >= 0.3 is 12.3 Å². The van der Waals surface area contributed by atoms with Gasteiger partial charge in [-0.3, -0.25) is 9.69 Å². The van der Waals surface area contributed by atoms with Gasteiger partial charge in [0.25, 0.3) is 0 Å². The summed E-state index contributed by atoms with van der Waals surface area (Å²) in [4.78, 5) is 24.9. The molecule has 0 aliphatic carbocycles. The van der Waals surface area contributed by atoms with Crippen molar-refractivity contribution in [1.29, 1.82) is 0 Å². The highest BCUT2D eigenvalue weighted by Gasteiger charge is 2.38. The highest BCUT2D eigenvalue weighted by atomic mass is 19.4. The first-order valence-corrected chi connectivity index (χ1v) is 7.21. The SMILES string of the molecule is C=C(C(=O)CN(Cc1ccccc1)C(=O)OC(C)(C)C)C(F)(F)F. The smallest absolute Gasteiger partial charge is 0.419 e. The number of hydrogen-bond donors (Lipinski definition) is 0. The Bertz CT molecular complexity index is 604. The molecule has 0 aliphatic rings. The van der Waals surface area contributed by atoms with E-state index < -0.39 is 35.8 Å². The van der Waals surface area contributed by atoms with Crippen LogP contribution in [0.3, 0.4) is 0 Å². The Balaban J connectivity index is 2.94. The lowest BCUT2D eigenvalue weighted by Crippen LogP contribution is -2.40. The van der Waals surface area contributed by atoms with Crippen LogP contribution in [0.15, 0.2) is 42.5 Å². The van der Waals surface area contributed by atoms with Crippen LogP contribution in [0.2, 0.25) is 0 Å². The third-order valence-corrected chi connectivity index (χ3v) is 2.88. The average molecular weight is 343 g/mol. The van der Waals surface area contributed by atoms with Gasteiger partial charge in [-0.05, 0) is 26.3 Å². The number of amides is 1. The Hall–Kier alpha value is -2.31. The molecule has 0 bridgehead atoms. The topological polar surface area (TPSA) is 46.6 Å². The summed E-state index contributed by atoms with van der Waals surface area (Å²) in [5.74, 6) is -1.27. The molecule has 7 heteroatoms. The van der Waals surface area contributed by atoms with Gasteiger partial charge in [0, 0.05) is 6.54 Å². The second-order valence-corrected chi connectivity index (χ2v) is 6.22. The number of hydrogen-bond acceptors (Lipinski definition) is 3. The van der Waals surface area contributed by atoms with Gasteiger partial charge in [0.15, 0.2) is 5.78 Å². The minimum absolute atomic E-state index is 0.0490. The highest BCUT2D eigenvalue weighted by molar-refractivity contribution is 5.98. The molecule has 1 aromatic rings. The first-order valence-electron chi connectivity index (χ1n) is 7.21. The standard InChI is InChI=1S/C17H20F3NO3/c1-12(17(18,19)20)14(22)11-21(15(23)24-16(2,3)4)10-13-8-6-5-7-9-13/h5-9H,1,10-11H2,2-4H3. The third-order valence-electron chi connectivity index (χ3n) is 2.88. The van der Waals surface area contributed by atoms with Gasteiger partial charge in [0.1, 0.15) is 5.60 Å². The Labute approximate surface area is 138 Å². The number of ketones is 1. The van der Waals surface area contributed by atoms with Crippen LogP contribution >= 0.6 is 0 Å². The van der Waals surface area contributed by atoms with Crippen LogP contribution in [0.4, 0.5) is 18.0 Å². The number of rotatable bonds is 5. The summed E-state index contributed by atoms with van der Waals surface area (Å²) in [6.45, 7) is 6.84. The van der Waals surface area contributed by atoms with Gasteiger partial charge in [0.2, 0.25) is 0 Å².